The molecule has 0 unspecified atom stereocenters. The molecule has 0 radical (unpaired) electrons. The number of carbonyl (C=O) groups is 1. The Bertz CT molecular complexity index is 1140. The van der Waals surface area contributed by atoms with Gasteiger partial charge >= 0.3 is 6.09 Å². The van der Waals surface area contributed by atoms with E-state index in [1.54, 1.807) is 24.0 Å². The molecule has 1 amide bonds. The van der Waals surface area contributed by atoms with Crippen molar-refractivity contribution in [2.24, 2.45) is 7.05 Å². The molecule has 26 heavy (non-hydrogen) atoms. The highest BCUT2D eigenvalue weighted by Crippen LogP contribution is 2.29. The lowest BCUT2D eigenvalue weighted by atomic mass is 10.1. The summed E-state index contributed by atoms with van der Waals surface area (Å²) in [6.07, 6.45) is 2.22. The van der Waals surface area contributed by atoms with Gasteiger partial charge in [-0.15, -0.1) is 0 Å². The molecule has 4 aromatic rings. The summed E-state index contributed by atoms with van der Waals surface area (Å²) in [7, 11) is 3.01. The fourth-order valence-electron chi connectivity index (χ4n) is 2.68. The van der Waals surface area contributed by atoms with Crippen LogP contribution in [0, 0.1) is 5.82 Å². The Labute approximate surface area is 145 Å². The topological polar surface area (TPSA) is 107 Å². The number of benzene rings is 1. The maximum Gasteiger partial charge on any atom is 0.436 e. The third-order valence-corrected chi connectivity index (χ3v) is 3.79. The molecule has 3 heterocycles. The summed E-state index contributed by atoms with van der Waals surface area (Å²) in [6, 6.07) is 4.40. The van der Waals surface area contributed by atoms with Gasteiger partial charge in [-0.05, 0) is 18.2 Å². The lowest BCUT2D eigenvalue weighted by Crippen LogP contribution is -2.25. The number of rotatable bonds is 3. The summed E-state index contributed by atoms with van der Waals surface area (Å²) in [6.45, 7) is 0. The number of halogens is 1. The minimum absolute atomic E-state index is 0.190. The van der Waals surface area contributed by atoms with Gasteiger partial charge in [-0.3, -0.25) is 9.52 Å². The summed E-state index contributed by atoms with van der Waals surface area (Å²) in [5.41, 5.74) is 4.50. The number of carbonyl (C=O) groups excluding carboxylic acids is 1. The largest absolute Gasteiger partial charge is 0.436 e. The number of nitrogens with zero attached hydrogens (tertiary/aromatic N) is 4. The zero-order valence-electron chi connectivity index (χ0n) is 13.8. The minimum atomic E-state index is -0.792. The summed E-state index contributed by atoms with van der Waals surface area (Å²) in [5, 5.41) is 5.14. The first-order valence-corrected chi connectivity index (χ1v) is 7.54. The molecule has 0 saturated heterocycles. The number of aromatic nitrogens is 5. The van der Waals surface area contributed by atoms with E-state index >= 15 is 0 Å². The molecule has 0 atom stereocenters. The van der Waals surface area contributed by atoms with E-state index in [-0.39, 0.29) is 11.6 Å². The van der Waals surface area contributed by atoms with Gasteiger partial charge in [0.05, 0.1) is 18.8 Å². The van der Waals surface area contributed by atoms with Crippen molar-refractivity contribution in [3.8, 4) is 17.1 Å². The molecule has 0 bridgehead atoms. The van der Waals surface area contributed by atoms with Crippen LogP contribution in [0.1, 0.15) is 0 Å². The summed E-state index contributed by atoms with van der Waals surface area (Å²) >= 11 is 0. The molecule has 0 aliphatic rings. The normalized spacial score (nSPS) is 11.2. The number of aromatic amines is 1. The van der Waals surface area contributed by atoms with Crippen molar-refractivity contribution in [2.45, 2.75) is 0 Å². The van der Waals surface area contributed by atoms with E-state index in [1.807, 2.05) is 0 Å². The molecule has 9 nitrogen and oxygen atoms in total. The predicted octanol–water partition coefficient (Wildman–Crippen LogP) is 2.30. The number of H-pyrrole nitrogens is 1. The van der Waals surface area contributed by atoms with Gasteiger partial charge in [0.1, 0.15) is 17.2 Å². The van der Waals surface area contributed by atoms with Crippen LogP contribution in [0.4, 0.5) is 9.18 Å². The van der Waals surface area contributed by atoms with Crippen LogP contribution in [-0.4, -0.2) is 37.9 Å². The molecule has 0 fully saturated rings. The van der Waals surface area contributed by atoms with E-state index in [4.69, 9.17) is 4.74 Å². The van der Waals surface area contributed by atoms with E-state index in [0.29, 0.717) is 28.1 Å². The third kappa shape index (κ3) is 2.62. The van der Waals surface area contributed by atoms with Gasteiger partial charge in [0, 0.05) is 18.6 Å². The van der Waals surface area contributed by atoms with Crippen molar-refractivity contribution in [3.05, 3.63) is 36.4 Å². The predicted molar refractivity (Wildman–Crippen MR) is 89.7 cm³/mol. The van der Waals surface area contributed by atoms with Crippen molar-refractivity contribution in [2.75, 3.05) is 7.11 Å². The zero-order valence-corrected chi connectivity index (χ0v) is 13.8. The second-order valence-corrected chi connectivity index (χ2v) is 5.43. The number of amides is 1. The fourth-order valence-corrected chi connectivity index (χ4v) is 2.68. The molecule has 2 N–H and O–H groups in total. The van der Waals surface area contributed by atoms with Crippen LogP contribution in [-0.2, 0) is 11.9 Å². The first-order chi connectivity index (χ1) is 12.6. The third-order valence-electron chi connectivity index (χ3n) is 3.79. The highest BCUT2D eigenvalue weighted by atomic mass is 19.1. The smallest absolute Gasteiger partial charge is 0.405 e. The highest BCUT2D eigenvalue weighted by molar-refractivity contribution is 5.93. The lowest BCUT2D eigenvalue weighted by Gasteiger charge is -2.03. The Hall–Kier alpha value is -3.53. The number of hydrogen-bond donors (Lipinski definition) is 2. The Morgan fingerprint density at radius 3 is 3.04 bits per heavy atom. The summed E-state index contributed by atoms with van der Waals surface area (Å²) in [4.78, 5) is 27.7. The maximum absolute atomic E-state index is 13.5. The van der Waals surface area contributed by atoms with Crippen LogP contribution in [0.3, 0.4) is 0 Å². The Kier molecular flexibility index (Phi) is 3.73. The molecule has 4 rings (SSSR count). The molecule has 0 aliphatic heterocycles. The maximum atomic E-state index is 13.5. The molecule has 0 aliphatic carbocycles. The van der Waals surface area contributed by atoms with Gasteiger partial charge in [-0.1, -0.05) is 0 Å². The Morgan fingerprint density at radius 1 is 1.38 bits per heavy atom. The number of fused-ring (bicyclic) bond motifs is 2. The second-order valence-electron chi connectivity index (χ2n) is 5.43. The summed E-state index contributed by atoms with van der Waals surface area (Å²) in [5.74, 6) is -0.158. The zero-order chi connectivity index (χ0) is 18.3. The number of hydroxylamine groups is 1. The van der Waals surface area contributed by atoms with Crippen LogP contribution in [0.15, 0.2) is 30.6 Å². The molecule has 1 aromatic carbocycles. The lowest BCUT2D eigenvalue weighted by molar-refractivity contribution is 0.0848. The molecule has 0 spiro atoms. The number of hydrogen-bond acceptors (Lipinski definition) is 6. The Balaban J connectivity index is 1.82. The number of aryl methyl sites for hydroxylation is 1. The van der Waals surface area contributed by atoms with Crippen LogP contribution in [0.2, 0.25) is 0 Å². The van der Waals surface area contributed by atoms with Crippen molar-refractivity contribution < 1.29 is 18.8 Å². The van der Waals surface area contributed by atoms with E-state index in [0.717, 1.165) is 5.39 Å². The first kappa shape index (κ1) is 16.0. The van der Waals surface area contributed by atoms with Gasteiger partial charge in [-0.2, -0.15) is 10.6 Å². The molecule has 10 heteroatoms. The molecular formula is C16H13FN6O3. The molecule has 0 saturated carbocycles. The van der Waals surface area contributed by atoms with Gasteiger partial charge in [0.2, 0.25) is 0 Å². The quantitative estimate of drug-likeness (QED) is 0.546. The average molecular weight is 356 g/mol. The fraction of sp³-hybridized carbons (Fsp3) is 0.125. The molecule has 132 valence electrons. The minimum Gasteiger partial charge on any atom is -0.405 e. The van der Waals surface area contributed by atoms with Crippen LogP contribution in [0.5, 0.6) is 5.75 Å². The number of ether oxygens (including phenoxy) is 1. The highest BCUT2D eigenvalue weighted by Gasteiger charge is 2.17. The van der Waals surface area contributed by atoms with Crippen molar-refractivity contribution >= 4 is 28.2 Å². The van der Waals surface area contributed by atoms with Crippen LogP contribution < -0.4 is 10.2 Å². The first-order valence-electron chi connectivity index (χ1n) is 7.54. The van der Waals surface area contributed by atoms with Crippen molar-refractivity contribution in [1.29, 1.82) is 0 Å². The van der Waals surface area contributed by atoms with Gasteiger partial charge in [0.25, 0.3) is 0 Å². The SMILES string of the molecule is CONC(=O)Oc1c[nH]c2ncc(-c3nn(C)c4cc(F)ccc34)nc12. The monoisotopic (exact) mass is 356 g/mol. The molecular weight excluding hydrogens is 343 g/mol. The van der Waals surface area contributed by atoms with E-state index in [9.17, 15) is 9.18 Å². The van der Waals surface area contributed by atoms with Crippen LogP contribution >= 0.6 is 0 Å². The van der Waals surface area contributed by atoms with Gasteiger partial charge < -0.3 is 9.72 Å². The van der Waals surface area contributed by atoms with Gasteiger partial charge in [-0.25, -0.2) is 19.2 Å². The summed E-state index contributed by atoms with van der Waals surface area (Å²) < 4.78 is 20.2. The molecule has 3 aromatic heterocycles. The van der Waals surface area contributed by atoms with E-state index in [2.05, 4.69) is 30.4 Å². The van der Waals surface area contributed by atoms with Crippen molar-refractivity contribution in [3.63, 3.8) is 0 Å². The van der Waals surface area contributed by atoms with E-state index in [1.165, 1.54) is 25.4 Å². The number of nitrogens with one attached hydrogen (secondary N) is 2. The van der Waals surface area contributed by atoms with Gasteiger partial charge in [0.15, 0.2) is 16.9 Å². The standard InChI is InChI=1S/C16H13FN6O3/c1-23-11-5-8(17)3-4-9(11)13(21-23)10-6-18-15-14(20-10)12(7-19-15)26-16(24)22-25-2/h3-7H,1-2H3,(H,18,19)(H,22,24). The van der Waals surface area contributed by atoms with Crippen LogP contribution in [0.25, 0.3) is 33.5 Å². The van der Waals surface area contributed by atoms with E-state index < -0.39 is 6.09 Å². The Morgan fingerprint density at radius 2 is 2.23 bits per heavy atom. The van der Waals surface area contributed by atoms with Crippen molar-refractivity contribution in [1.82, 2.24) is 30.2 Å². The average Bonchev–Trinajstić information content (AvgIpc) is 3.16. The second kappa shape index (κ2) is 6.08.